The first-order valence-corrected chi connectivity index (χ1v) is 8.65. The van der Waals surface area contributed by atoms with Gasteiger partial charge in [0.2, 0.25) is 0 Å². The van der Waals surface area contributed by atoms with Gasteiger partial charge in [0.1, 0.15) is 5.82 Å². The number of aromatic nitrogens is 3. The molecule has 2 aromatic heterocycles. The molecule has 130 valence electrons. The Bertz CT molecular complexity index is 661. The third kappa shape index (κ3) is 3.94. The Morgan fingerprint density at radius 3 is 2.71 bits per heavy atom. The molecule has 0 aliphatic carbocycles. The van der Waals surface area contributed by atoms with Crippen LogP contribution in [-0.2, 0) is 24.9 Å². The van der Waals surface area contributed by atoms with Crippen molar-refractivity contribution >= 4 is 5.82 Å². The van der Waals surface area contributed by atoms with Crippen molar-refractivity contribution in [2.75, 3.05) is 31.2 Å². The van der Waals surface area contributed by atoms with Crippen molar-refractivity contribution in [1.82, 2.24) is 20.1 Å². The fourth-order valence-corrected chi connectivity index (χ4v) is 3.14. The molecule has 0 radical (unpaired) electrons. The highest BCUT2D eigenvalue weighted by Gasteiger charge is 2.16. The number of ether oxygens (including phenoxy) is 1. The lowest BCUT2D eigenvalue weighted by atomic mass is 10.1. The molecule has 1 saturated heterocycles. The van der Waals surface area contributed by atoms with Gasteiger partial charge in [-0.2, -0.15) is 5.10 Å². The van der Waals surface area contributed by atoms with Crippen molar-refractivity contribution in [2.45, 2.75) is 32.9 Å². The molecule has 0 bridgehead atoms. The number of nitrogens with one attached hydrogen (secondary N) is 1. The zero-order chi connectivity index (χ0) is 16.9. The van der Waals surface area contributed by atoms with Crippen LogP contribution in [0, 0.1) is 0 Å². The van der Waals surface area contributed by atoms with E-state index in [9.17, 15) is 0 Å². The summed E-state index contributed by atoms with van der Waals surface area (Å²) in [5.74, 6) is 1.51. The molecule has 0 atom stereocenters. The van der Waals surface area contributed by atoms with Gasteiger partial charge < -0.3 is 15.0 Å². The molecular weight excluding hydrogens is 302 g/mol. The van der Waals surface area contributed by atoms with Gasteiger partial charge in [0.25, 0.3) is 0 Å². The summed E-state index contributed by atoms with van der Waals surface area (Å²) in [4.78, 5) is 6.90. The Balaban J connectivity index is 1.65. The molecule has 0 unspecified atom stereocenters. The molecule has 0 amide bonds. The fourth-order valence-electron chi connectivity index (χ4n) is 3.14. The molecule has 0 saturated carbocycles. The summed E-state index contributed by atoms with van der Waals surface area (Å²) in [6.45, 7) is 9.35. The molecular formula is C18H27N5O. The molecule has 2 aromatic rings. The van der Waals surface area contributed by atoms with E-state index in [-0.39, 0.29) is 0 Å². The highest BCUT2D eigenvalue weighted by Crippen LogP contribution is 2.20. The Labute approximate surface area is 143 Å². The van der Waals surface area contributed by atoms with Crippen LogP contribution in [0.4, 0.5) is 5.82 Å². The van der Waals surface area contributed by atoms with E-state index in [1.54, 1.807) is 0 Å². The van der Waals surface area contributed by atoms with E-state index in [0.717, 1.165) is 45.2 Å². The summed E-state index contributed by atoms with van der Waals surface area (Å²) in [6, 6.07) is 4.15. The zero-order valence-corrected chi connectivity index (χ0v) is 14.8. The Kier molecular flexibility index (Phi) is 5.48. The number of hydrogen-bond acceptors (Lipinski definition) is 5. The zero-order valence-electron chi connectivity index (χ0n) is 14.8. The maximum Gasteiger partial charge on any atom is 0.133 e. The predicted molar refractivity (Wildman–Crippen MR) is 95.1 cm³/mol. The van der Waals surface area contributed by atoms with E-state index in [2.05, 4.69) is 46.4 Å². The van der Waals surface area contributed by atoms with Crippen LogP contribution in [0.1, 0.15) is 36.6 Å². The lowest BCUT2D eigenvalue weighted by Gasteiger charge is -2.29. The van der Waals surface area contributed by atoms with Gasteiger partial charge in [-0.05, 0) is 12.0 Å². The Morgan fingerprint density at radius 1 is 1.21 bits per heavy atom. The average molecular weight is 329 g/mol. The standard InChI is InChI=1S/C18H27N5O/c1-14(2)17-16(13-22(3)21-17)12-19-11-15-5-4-6-20-18(15)23-7-9-24-10-8-23/h4-6,13-14,19H,7-12H2,1-3H3. The predicted octanol–water partition coefficient (Wildman–Crippen LogP) is 2.06. The van der Waals surface area contributed by atoms with Crippen LogP contribution in [0.25, 0.3) is 0 Å². The molecule has 3 heterocycles. The Morgan fingerprint density at radius 2 is 1.96 bits per heavy atom. The molecule has 6 heteroatoms. The molecule has 0 spiro atoms. The first-order chi connectivity index (χ1) is 11.6. The molecule has 24 heavy (non-hydrogen) atoms. The van der Waals surface area contributed by atoms with Crippen molar-refractivity contribution in [2.24, 2.45) is 7.05 Å². The minimum Gasteiger partial charge on any atom is -0.378 e. The van der Waals surface area contributed by atoms with E-state index in [1.165, 1.54) is 16.8 Å². The summed E-state index contributed by atoms with van der Waals surface area (Å²) in [6.07, 6.45) is 3.97. The topological polar surface area (TPSA) is 55.2 Å². The first kappa shape index (κ1) is 16.9. The molecule has 0 aromatic carbocycles. The van der Waals surface area contributed by atoms with Crippen molar-refractivity contribution in [3.63, 3.8) is 0 Å². The monoisotopic (exact) mass is 329 g/mol. The molecule has 1 aliphatic rings. The number of aryl methyl sites for hydroxylation is 1. The maximum atomic E-state index is 5.44. The lowest BCUT2D eigenvalue weighted by Crippen LogP contribution is -2.37. The van der Waals surface area contributed by atoms with Crippen molar-refractivity contribution in [3.05, 3.63) is 41.3 Å². The van der Waals surface area contributed by atoms with E-state index < -0.39 is 0 Å². The van der Waals surface area contributed by atoms with Crippen LogP contribution in [0.2, 0.25) is 0 Å². The van der Waals surface area contributed by atoms with Crippen molar-refractivity contribution in [3.8, 4) is 0 Å². The van der Waals surface area contributed by atoms with Crippen molar-refractivity contribution in [1.29, 1.82) is 0 Å². The van der Waals surface area contributed by atoms with E-state index in [4.69, 9.17) is 4.74 Å². The van der Waals surface area contributed by atoms with E-state index in [0.29, 0.717) is 5.92 Å². The van der Waals surface area contributed by atoms with Crippen molar-refractivity contribution < 1.29 is 4.74 Å². The van der Waals surface area contributed by atoms with Gasteiger partial charge in [-0.1, -0.05) is 19.9 Å². The number of hydrogen-bond donors (Lipinski definition) is 1. The van der Waals surface area contributed by atoms with Gasteiger partial charge in [0, 0.05) is 56.7 Å². The van der Waals surface area contributed by atoms with Gasteiger partial charge in [-0.25, -0.2) is 4.98 Å². The number of rotatable bonds is 6. The lowest BCUT2D eigenvalue weighted by molar-refractivity contribution is 0.122. The van der Waals surface area contributed by atoms with Gasteiger partial charge >= 0.3 is 0 Å². The number of pyridine rings is 1. The highest BCUT2D eigenvalue weighted by atomic mass is 16.5. The second-order valence-corrected chi connectivity index (χ2v) is 6.56. The van der Waals surface area contributed by atoms with E-state index in [1.807, 2.05) is 24.0 Å². The van der Waals surface area contributed by atoms with Crippen LogP contribution < -0.4 is 10.2 Å². The summed E-state index contributed by atoms with van der Waals surface area (Å²) < 4.78 is 7.34. The third-order valence-corrected chi connectivity index (χ3v) is 4.29. The fraction of sp³-hybridized carbons (Fsp3) is 0.556. The minimum atomic E-state index is 0.435. The molecule has 1 fully saturated rings. The molecule has 3 rings (SSSR count). The minimum absolute atomic E-state index is 0.435. The van der Waals surface area contributed by atoms with Crippen LogP contribution in [0.5, 0.6) is 0 Å². The smallest absolute Gasteiger partial charge is 0.133 e. The average Bonchev–Trinajstić information content (AvgIpc) is 2.97. The van der Waals surface area contributed by atoms with Crippen LogP contribution in [0.15, 0.2) is 24.5 Å². The summed E-state index contributed by atoms with van der Waals surface area (Å²) in [7, 11) is 1.98. The third-order valence-electron chi connectivity index (χ3n) is 4.29. The quantitative estimate of drug-likeness (QED) is 0.879. The first-order valence-electron chi connectivity index (χ1n) is 8.65. The van der Waals surface area contributed by atoms with Gasteiger partial charge in [0.15, 0.2) is 0 Å². The van der Waals surface area contributed by atoms with Crippen LogP contribution in [0.3, 0.4) is 0 Å². The summed E-state index contributed by atoms with van der Waals surface area (Å²) in [5, 5.41) is 8.12. The number of nitrogens with zero attached hydrogens (tertiary/aromatic N) is 4. The SMILES string of the molecule is CC(C)c1nn(C)cc1CNCc1cccnc1N1CCOCC1. The summed E-state index contributed by atoms with van der Waals surface area (Å²) >= 11 is 0. The largest absolute Gasteiger partial charge is 0.378 e. The Hall–Kier alpha value is -1.92. The van der Waals surface area contributed by atoms with Crippen LogP contribution >= 0.6 is 0 Å². The second-order valence-electron chi connectivity index (χ2n) is 6.56. The van der Waals surface area contributed by atoms with Gasteiger partial charge in [-0.3, -0.25) is 4.68 Å². The number of morpholine rings is 1. The highest BCUT2D eigenvalue weighted by molar-refractivity contribution is 5.47. The van der Waals surface area contributed by atoms with Gasteiger partial charge in [-0.15, -0.1) is 0 Å². The molecule has 1 aliphatic heterocycles. The second kappa shape index (κ2) is 7.77. The van der Waals surface area contributed by atoms with Crippen LogP contribution in [-0.4, -0.2) is 41.1 Å². The summed E-state index contributed by atoms with van der Waals surface area (Å²) in [5.41, 5.74) is 3.67. The molecule has 6 nitrogen and oxygen atoms in total. The maximum absolute atomic E-state index is 5.44. The number of anilines is 1. The van der Waals surface area contributed by atoms with Gasteiger partial charge in [0.05, 0.1) is 18.9 Å². The normalized spacial score (nSPS) is 15.2. The molecule has 1 N–H and O–H groups in total. The van der Waals surface area contributed by atoms with E-state index >= 15 is 0 Å².